The number of nitrogens with one attached hydrogen (secondary N) is 1. The van der Waals surface area contributed by atoms with Gasteiger partial charge in [-0.2, -0.15) is 0 Å². The predicted molar refractivity (Wildman–Crippen MR) is 105 cm³/mol. The molecule has 0 radical (unpaired) electrons. The molecule has 1 amide bonds. The molecule has 1 aromatic heterocycles. The molecule has 3 aliphatic heterocycles. The van der Waals surface area contributed by atoms with Gasteiger partial charge in [-0.15, -0.1) is 11.3 Å². The van der Waals surface area contributed by atoms with Crippen LogP contribution in [0, 0.1) is 5.92 Å². The van der Waals surface area contributed by atoms with Crippen LogP contribution in [-0.4, -0.2) is 36.0 Å². The molecule has 0 spiro atoms. The van der Waals surface area contributed by atoms with Crippen molar-refractivity contribution in [3.63, 3.8) is 0 Å². The predicted octanol–water partition coefficient (Wildman–Crippen LogP) is 4.77. The number of nitrogens with zero attached hydrogens (tertiary/aromatic N) is 1. The van der Waals surface area contributed by atoms with Gasteiger partial charge in [0.15, 0.2) is 0 Å². The number of carbonyl (C=O) groups is 1. The lowest BCUT2D eigenvalue weighted by Gasteiger charge is -2.49. The number of hydrogen-bond donors (Lipinski definition) is 1. The van der Waals surface area contributed by atoms with Crippen LogP contribution < -0.4 is 5.32 Å². The minimum atomic E-state index is 0.0635. The molecule has 0 aliphatic carbocycles. The first-order valence-corrected chi connectivity index (χ1v) is 10.7. The van der Waals surface area contributed by atoms with E-state index >= 15 is 0 Å². The molecule has 2 bridgehead atoms. The number of carbonyl (C=O) groups excluding carboxylic acids is 1. The van der Waals surface area contributed by atoms with E-state index in [0.717, 1.165) is 19.0 Å². The lowest BCUT2D eigenvalue weighted by molar-refractivity contribution is 0.0218. The highest BCUT2D eigenvalue weighted by atomic mass is 35.5. The fourth-order valence-electron chi connectivity index (χ4n) is 3.91. The Hall–Kier alpha value is -1.01. The first-order chi connectivity index (χ1) is 12.1. The SMILES string of the molecule is C[C@H]1[C@H](NC(=O)c2ccc(Sc3cccc(Cl)c3)s2)C2CCN1CC2. The number of amides is 1. The van der Waals surface area contributed by atoms with Gasteiger partial charge in [-0.25, -0.2) is 0 Å². The topological polar surface area (TPSA) is 32.3 Å². The average molecular weight is 393 g/mol. The van der Waals surface area contributed by atoms with E-state index in [0.29, 0.717) is 12.0 Å². The zero-order chi connectivity index (χ0) is 17.4. The Morgan fingerprint density at radius 2 is 2.08 bits per heavy atom. The quantitative estimate of drug-likeness (QED) is 0.813. The zero-order valence-electron chi connectivity index (χ0n) is 14.1. The maximum Gasteiger partial charge on any atom is 0.261 e. The molecule has 3 aliphatic rings. The second kappa shape index (κ2) is 7.31. The van der Waals surface area contributed by atoms with Gasteiger partial charge in [-0.05, 0) is 69.1 Å². The van der Waals surface area contributed by atoms with E-state index < -0.39 is 0 Å². The molecule has 3 saturated heterocycles. The maximum absolute atomic E-state index is 12.7. The molecule has 1 aromatic carbocycles. The summed E-state index contributed by atoms with van der Waals surface area (Å²) in [6, 6.07) is 12.5. The molecular formula is C19H21ClN2OS2. The van der Waals surface area contributed by atoms with Gasteiger partial charge in [0.25, 0.3) is 5.91 Å². The smallest absolute Gasteiger partial charge is 0.261 e. The van der Waals surface area contributed by atoms with Crippen LogP contribution in [0.25, 0.3) is 0 Å². The lowest BCUT2D eigenvalue weighted by atomic mass is 9.79. The molecule has 3 nitrogen and oxygen atoms in total. The van der Waals surface area contributed by atoms with Crippen molar-refractivity contribution in [2.45, 2.75) is 41.0 Å². The summed E-state index contributed by atoms with van der Waals surface area (Å²) in [4.78, 5) is 17.1. The Morgan fingerprint density at radius 1 is 1.28 bits per heavy atom. The van der Waals surface area contributed by atoms with Gasteiger partial charge in [0.05, 0.1) is 9.09 Å². The van der Waals surface area contributed by atoms with E-state index in [1.54, 1.807) is 23.1 Å². The van der Waals surface area contributed by atoms with E-state index in [2.05, 4.69) is 17.1 Å². The maximum atomic E-state index is 12.7. The van der Waals surface area contributed by atoms with Crippen molar-refractivity contribution in [1.29, 1.82) is 0 Å². The summed E-state index contributed by atoms with van der Waals surface area (Å²) in [5, 5.41) is 4.03. The number of benzene rings is 1. The molecular weight excluding hydrogens is 372 g/mol. The molecule has 132 valence electrons. The van der Waals surface area contributed by atoms with Crippen molar-refractivity contribution in [2.75, 3.05) is 13.1 Å². The molecule has 0 saturated carbocycles. The first kappa shape index (κ1) is 17.4. The van der Waals surface area contributed by atoms with Crippen molar-refractivity contribution in [3.8, 4) is 0 Å². The Morgan fingerprint density at radius 3 is 2.80 bits per heavy atom. The molecule has 2 aromatic rings. The van der Waals surface area contributed by atoms with Crippen LogP contribution >= 0.6 is 34.7 Å². The third-order valence-electron chi connectivity index (χ3n) is 5.30. The molecule has 2 atom stereocenters. The van der Waals surface area contributed by atoms with Gasteiger partial charge in [-0.1, -0.05) is 29.4 Å². The fourth-order valence-corrected chi connectivity index (χ4v) is 6.23. The Balaban J connectivity index is 1.42. The van der Waals surface area contributed by atoms with Crippen LogP contribution in [0.3, 0.4) is 0 Å². The monoisotopic (exact) mass is 392 g/mol. The third-order valence-corrected chi connectivity index (χ3v) is 7.74. The van der Waals surface area contributed by atoms with Crippen molar-refractivity contribution < 1.29 is 4.79 Å². The second-order valence-corrected chi connectivity index (χ2v) is 9.69. The molecule has 6 heteroatoms. The Labute approximate surface area is 161 Å². The summed E-state index contributed by atoms with van der Waals surface area (Å²) in [5.74, 6) is 0.692. The number of thiophene rings is 1. The van der Waals surface area contributed by atoms with Gasteiger partial charge >= 0.3 is 0 Å². The molecule has 5 rings (SSSR count). The molecule has 1 N–H and O–H groups in total. The molecule has 25 heavy (non-hydrogen) atoms. The molecule has 0 unspecified atom stereocenters. The zero-order valence-corrected chi connectivity index (χ0v) is 16.5. The minimum absolute atomic E-state index is 0.0635. The highest BCUT2D eigenvalue weighted by Crippen LogP contribution is 2.35. The normalized spacial score (nSPS) is 28.1. The summed E-state index contributed by atoms with van der Waals surface area (Å²) in [6.45, 7) is 4.60. The van der Waals surface area contributed by atoms with E-state index in [1.807, 2.05) is 36.4 Å². The highest BCUT2D eigenvalue weighted by molar-refractivity contribution is 8.01. The van der Waals surface area contributed by atoms with E-state index in [9.17, 15) is 4.79 Å². The van der Waals surface area contributed by atoms with E-state index in [-0.39, 0.29) is 11.9 Å². The third kappa shape index (κ3) is 3.75. The van der Waals surface area contributed by atoms with Gasteiger partial charge in [0.1, 0.15) is 0 Å². The van der Waals surface area contributed by atoms with Crippen LogP contribution in [0.2, 0.25) is 5.02 Å². The number of halogens is 1. The lowest BCUT2D eigenvalue weighted by Crippen LogP contribution is -2.62. The number of piperidine rings is 3. The van der Waals surface area contributed by atoms with Gasteiger partial charge in [0.2, 0.25) is 0 Å². The number of fused-ring (bicyclic) bond motifs is 3. The van der Waals surface area contributed by atoms with Gasteiger partial charge in [-0.3, -0.25) is 9.69 Å². The van der Waals surface area contributed by atoms with Crippen LogP contribution in [-0.2, 0) is 0 Å². The van der Waals surface area contributed by atoms with E-state index in [4.69, 9.17) is 11.6 Å². The summed E-state index contributed by atoms with van der Waals surface area (Å²) in [6.07, 6.45) is 2.41. The molecule has 3 fully saturated rings. The van der Waals surface area contributed by atoms with Crippen molar-refractivity contribution in [2.24, 2.45) is 5.92 Å². The summed E-state index contributed by atoms with van der Waals surface area (Å²) >= 11 is 9.23. The number of rotatable bonds is 4. The largest absolute Gasteiger partial charge is 0.347 e. The Kier molecular flexibility index (Phi) is 5.09. The standard InChI is InChI=1S/C19H21ClN2OS2/c1-12-18(13-7-9-22(12)10-8-13)21-19(23)16-5-6-17(25-16)24-15-4-2-3-14(20)11-15/h2-6,11-13,18H,7-10H2,1H3,(H,21,23)/t12-,18-/m0/s1. The minimum Gasteiger partial charge on any atom is -0.347 e. The van der Waals surface area contributed by atoms with E-state index in [1.165, 1.54) is 25.9 Å². The van der Waals surface area contributed by atoms with Crippen LogP contribution in [0.5, 0.6) is 0 Å². The summed E-state index contributed by atoms with van der Waals surface area (Å²) in [5.41, 5.74) is 0. The first-order valence-electron chi connectivity index (χ1n) is 8.68. The van der Waals surface area contributed by atoms with Crippen LogP contribution in [0.4, 0.5) is 0 Å². The summed E-state index contributed by atoms with van der Waals surface area (Å²) < 4.78 is 1.11. The van der Waals surface area contributed by atoms with Crippen molar-refractivity contribution in [3.05, 3.63) is 46.3 Å². The fraction of sp³-hybridized carbons (Fsp3) is 0.421. The average Bonchev–Trinajstić information content (AvgIpc) is 3.07. The van der Waals surface area contributed by atoms with Crippen LogP contribution in [0.1, 0.15) is 29.4 Å². The van der Waals surface area contributed by atoms with Gasteiger partial charge in [0, 0.05) is 22.0 Å². The summed E-state index contributed by atoms with van der Waals surface area (Å²) in [7, 11) is 0. The Bertz CT molecular complexity index is 768. The van der Waals surface area contributed by atoms with Crippen LogP contribution in [0.15, 0.2) is 45.5 Å². The van der Waals surface area contributed by atoms with Crippen molar-refractivity contribution >= 4 is 40.6 Å². The highest BCUT2D eigenvalue weighted by Gasteiger charge is 2.40. The second-order valence-electron chi connectivity index (χ2n) is 6.79. The van der Waals surface area contributed by atoms with Gasteiger partial charge < -0.3 is 5.32 Å². The number of hydrogen-bond acceptors (Lipinski definition) is 4. The van der Waals surface area contributed by atoms with Crippen molar-refractivity contribution in [1.82, 2.24) is 10.2 Å². The molecule has 4 heterocycles.